The number of carboxylic acids is 1. The second kappa shape index (κ2) is 3.96. The van der Waals surface area contributed by atoms with Gasteiger partial charge in [-0.05, 0) is 11.6 Å². The van der Waals surface area contributed by atoms with Gasteiger partial charge < -0.3 is 14.6 Å². The molecule has 1 aromatic rings. The fourth-order valence-electron chi connectivity index (χ4n) is 1.52. The van der Waals surface area contributed by atoms with Crippen molar-refractivity contribution >= 4 is 5.97 Å². The van der Waals surface area contributed by atoms with Crippen LogP contribution < -0.4 is 9.47 Å². The van der Waals surface area contributed by atoms with Crippen LogP contribution in [-0.4, -0.2) is 23.8 Å². The van der Waals surface area contributed by atoms with E-state index in [1.807, 2.05) is 0 Å². The average Bonchev–Trinajstić information content (AvgIpc) is 2.59. The highest BCUT2D eigenvalue weighted by Gasteiger charge is 2.29. The summed E-state index contributed by atoms with van der Waals surface area (Å²) in [6.07, 6.45) is -0.712. The molecule has 1 N–H and O–H groups in total. The maximum Gasteiger partial charge on any atom is 0.387 e. The number of alkyl halides is 2. The van der Waals surface area contributed by atoms with Crippen LogP contribution in [0.1, 0.15) is 5.56 Å². The molecule has 0 amide bonds. The Balaban J connectivity index is 2.17. The Morgan fingerprint density at radius 3 is 2.94 bits per heavy atom. The molecular weight excluding hydrogens is 222 g/mol. The predicted molar refractivity (Wildman–Crippen MR) is 48.8 cm³/mol. The zero-order valence-electron chi connectivity index (χ0n) is 8.02. The van der Waals surface area contributed by atoms with E-state index in [9.17, 15) is 13.6 Å². The van der Waals surface area contributed by atoms with Crippen molar-refractivity contribution in [3.05, 3.63) is 23.8 Å². The van der Waals surface area contributed by atoms with Crippen molar-refractivity contribution in [2.24, 2.45) is 0 Å². The molecule has 0 radical (unpaired) electrons. The van der Waals surface area contributed by atoms with Crippen molar-refractivity contribution < 1.29 is 28.2 Å². The summed E-state index contributed by atoms with van der Waals surface area (Å²) in [6.45, 7) is -2.91. The molecule has 0 saturated heterocycles. The number of hydrogen-bond acceptors (Lipinski definition) is 3. The minimum Gasteiger partial charge on any atom is -0.478 e. The van der Waals surface area contributed by atoms with Gasteiger partial charge in [0.15, 0.2) is 6.10 Å². The van der Waals surface area contributed by atoms with Crippen molar-refractivity contribution in [2.45, 2.75) is 19.1 Å². The van der Waals surface area contributed by atoms with E-state index in [1.54, 1.807) is 0 Å². The Morgan fingerprint density at radius 1 is 1.56 bits per heavy atom. The molecule has 2 rings (SSSR count). The second-order valence-corrected chi connectivity index (χ2v) is 3.30. The fraction of sp³-hybridized carbons (Fsp3) is 0.300. The number of carboxylic acid groups (broad SMARTS) is 1. The first kappa shape index (κ1) is 10.7. The predicted octanol–water partition coefficient (Wildman–Crippen LogP) is 1.68. The second-order valence-electron chi connectivity index (χ2n) is 3.30. The summed E-state index contributed by atoms with van der Waals surface area (Å²) in [7, 11) is 0. The first-order valence-electron chi connectivity index (χ1n) is 4.53. The fourth-order valence-corrected chi connectivity index (χ4v) is 1.52. The van der Waals surface area contributed by atoms with Crippen LogP contribution >= 0.6 is 0 Å². The van der Waals surface area contributed by atoms with E-state index in [1.165, 1.54) is 18.2 Å². The molecule has 0 aromatic heterocycles. The molecule has 4 nitrogen and oxygen atoms in total. The molecule has 6 heteroatoms. The standard InChI is InChI=1S/C10H8F2O4/c11-10(12)15-6-2-1-5-3-8(9(13)14)16-7(5)4-6/h1-2,4,8,10H,3H2,(H,13,14)/t8-/m0/s1. The van der Waals surface area contributed by atoms with Crippen LogP contribution in [0.25, 0.3) is 0 Å². The number of carbonyl (C=O) groups is 1. The van der Waals surface area contributed by atoms with Crippen molar-refractivity contribution in [1.82, 2.24) is 0 Å². The van der Waals surface area contributed by atoms with Crippen LogP contribution in [0.2, 0.25) is 0 Å². The molecule has 1 aromatic carbocycles. The van der Waals surface area contributed by atoms with E-state index in [4.69, 9.17) is 9.84 Å². The smallest absolute Gasteiger partial charge is 0.387 e. The van der Waals surface area contributed by atoms with Gasteiger partial charge >= 0.3 is 12.6 Å². The van der Waals surface area contributed by atoms with Gasteiger partial charge in [-0.3, -0.25) is 0 Å². The van der Waals surface area contributed by atoms with Crippen LogP contribution in [0.4, 0.5) is 8.78 Å². The summed E-state index contributed by atoms with van der Waals surface area (Å²) in [4.78, 5) is 10.7. The van der Waals surface area contributed by atoms with Gasteiger partial charge in [-0.2, -0.15) is 8.78 Å². The molecule has 0 fully saturated rings. The van der Waals surface area contributed by atoms with Gasteiger partial charge in [0.25, 0.3) is 0 Å². The molecule has 1 aliphatic heterocycles. The van der Waals surface area contributed by atoms with Gasteiger partial charge in [-0.15, -0.1) is 0 Å². The molecule has 0 saturated carbocycles. The van der Waals surface area contributed by atoms with Crippen molar-refractivity contribution in [2.75, 3.05) is 0 Å². The van der Waals surface area contributed by atoms with Crippen molar-refractivity contribution in [3.8, 4) is 11.5 Å². The highest BCUT2D eigenvalue weighted by molar-refractivity contribution is 5.74. The number of hydrogen-bond donors (Lipinski definition) is 1. The molecule has 1 aliphatic rings. The number of rotatable bonds is 3. The summed E-state index contributed by atoms with van der Waals surface area (Å²) < 4.78 is 33.1. The van der Waals surface area contributed by atoms with Gasteiger partial charge in [0.1, 0.15) is 11.5 Å². The van der Waals surface area contributed by atoms with E-state index in [0.717, 1.165) is 0 Å². The van der Waals surface area contributed by atoms with Gasteiger partial charge in [0.05, 0.1) is 0 Å². The zero-order valence-corrected chi connectivity index (χ0v) is 8.02. The number of ether oxygens (including phenoxy) is 2. The summed E-state index contributed by atoms with van der Waals surface area (Å²) in [5.74, 6) is -0.835. The first-order valence-corrected chi connectivity index (χ1v) is 4.53. The summed E-state index contributed by atoms with van der Waals surface area (Å²) in [5, 5.41) is 8.72. The van der Waals surface area contributed by atoms with Crippen molar-refractivity contribution in [1.29, 1.82) is 0 Å². The molecule has 1 heterocycles. The van der Waals surface area contributed by atoms with Gasteiger partial charge in [-0.25, -0.2) is 4.79 Å². The lowest BCUT2D eigenvalue weighted by Gasteiger charge is -2.06. The number of fused-ring (bicyclic) bond motifs is 1. The third kappa shape index (κ3) is 2.05. The zero-order chi connectivity index (χ0) is 11.7. The molecule has 0 bridgehead atoms. The highest BCUT2D eigenvalue weighted by Crippen LogP contribution is 2.32. The van der Waals surface area contributed by atoms with E-state index in [-0.39, 0.29) is 17.9 Å². The van der Waals surface area contributed by atoms with Crippen LogP contribution in [0.15, 0.2) is 18.2 Å². The minimum atomic E-state index is -2.91. The lowest BCUT2D eigenvalue weighted by atomic mass is 10.1. The van der Waals surface area contributed by atoms with Crippen LogP contribution in [0, 0.1) is 0 Å². The molecular formula is C10H8F2O4. The molecule has 0 aliphatic carbocycles. The SMILES string of the molecule is O=C(O)[C@@H]1Cc2ccc(OC(F)F)cc2O1. The minimum absolute atomic E-state index is 0.0419. The van der Waals surface area contributed by atoms with Crippen LogP contribution in [-0.2, 0) is 11.2 Å². The molecule has 1 atom stereocenters. The Hall–Kier alpha value is -1.85. The van der Waals surface area contributed by atoms with Gasteiger partial charge in [0.2, 0.25) is 0 Å². The lowest BCUT2D eigenvalue weighted by molar-refractivity contribution is -0.144. The quantitative estimate of drug-likeness (QED) is 0.858. The number of benzene rings is 1. The maximum atomic E-state index is 11.9. The van der Waals surface area contributed by atoms with Gasteiger partial charge in [0, 0.05) is 12.5 Å². The monoisotopic (exact) mass is 230 g/mol. The largest absolute Gasteiger partial charge is 0.478 e. The van der Waals surface area contributed by atoms with Gasteiger partial charge in [-0.1, -0.05) is 6.07 Å². The van der Waals surface area contributed by atoms with Crippen LogP contribution in [0.5, 0.6) is 11.5 Å². The Labute approximate surface area is 89.4 Å². The van der Waals surface area contributed by atoms with E-state index >= 15 is 0 Å². The lowest BCUT2D eigenvalue weighted by Crippen LogP contribution is -2.24. The average molecular weight is 230 g/mol. The normalized spacial score (nSPS) is 18.1. The number of aliphatic carboxylic acids is 1. The molecule has 16 heavy (non-hydrogen) atoms. The highest BCUT2D eigenvalue weighted by atomic mass is 19.3. The topological polar surface area (TPSA) is 55.8 Å². The molecule has 0 unspecified atom stereocenters. The summed E-state index contributed by atoms with van der Waals surface area (Å²) >= 11 is 0. The van der Waals surface area contributed by atoms with E-state index < -0.39 is 18.7 Å². The first-order chi connectivity index (χ1) is 7.56. The summed E-state index contributed by atoms with van der Waals surface area (Å²) in [6, 6.07) is 4.15. The van der Waals surface area contributed by atoms with E-state index in [0.29, 0.717) is 5.56 Å². The Morgan fingerprint density at radius 2 is 2.31 bits per heavy atom. The van der Waals surface area contributed by atoms with E-state index in [2.05, 4.69) is 4.74 Å². The maximum absolute atomic E-state index is 11.9. The Bertz CT molecular complexity index is 419. The molecule has 0 spiro atoms. The third-order valence-electron chi connectivity index (χ3n) is 2.21. The third-order valence-corrected chi connectivity index (χ3v) is 2.21. The Kier molecular flexibility index (Phi) is 2.64. The van der Waals surface area contributed by atoms with Crippen molar-refractivity contribution in [3.63, 3.8) is 0 Å². The summed E-state index contributed by atoms with van der Waals surface area (Å²) in [5.41, 5.74) is 0.675. The molecule has 86 valence electrons. The van der Waals surface area contributed by atoms with Crippen LogP contribution in [0.3, 0.4) is 0 Å². The number of halogens is 2.